The Morgan fingerprint density at radius 2 is 2.11 bits per heavy atom. The summed E-state index contributed by atoms with van der Waals surface area (Å²) in [6.45, 7) is 4.14. The quantitative estimate of drug-likeness (QED) is 0.826. The summed E-state index contributed by atoms with van der Waals surface area (Å²) < 4.78 is 6.38. The first-order valence-corrected chi connectivity index (χ1v) is 7.17. The van der Waals surface area contributed by atoms with E-state index in [4.69, 9.17) is 10.5 Å². The Morgan fingerprint density at radius 3 is 2.68 bits per heavy atom. The summed E-state index contributed by atoms with van der Waals surface area (Å²) in [6, 6.07) is 7.75. The van der Waals surface area contributed by atoms with E-state index in [-0.39, 0.29) is 0 Å². The first-order valence-electron chi connectivity index (χ1n) is 6.35. The number of methoxy groups -OCH3 is 1. The molecule has 0 radical (unpaired) electrons. The number of aliphatic hydroxyl groups is 1. The highest BCUT2D eigenvalue weighted by Gasteiger charge is 2.38. The van der Waals surface area contributed by atoms with E-state index in [9.17, 15) is 5.11 Å². The molecular formula is C14H20N2O2S. The number of nitrogens with two attached hydrogens (primary N) is 1. The van der Waals surface area contributed by atoms with Gasteiger partial charge in [0.1, 0.15) is 11.1 Å². The number of hydrogen-bond acceptors (Lipinski definition) is 5. The summed E-state index contributed by atoms with van der Waals surface area (Å²) in [7, 11) is 1.57. The van der Waals surface area contributed by atoms with Crippen LogP contribution >= 0.6 is 11.3 Å². The third kappa shape index (κ3) is 2.95. The van der Waals surface area contributed by atoms with Crippen LogP contribution in [-0.2, 0) is 10.5 Å². The first-order chi connectivity index (χ1) is 8.95. The maximum atomic E-state index is 10.6. The summed E-state index contributed by atoms with van der Waals surface area (Å²) in [6.07, 6.45) is 0.215. The zero-order valence-electron chi connectivity index (χ0n) is 11.5. The molecule has 0 bridgehead atoms. The lowest BCUT2D eigenvalue weighted by Gasteiger charge is -2.30. The van der Waals surface area contributed by atoms with Crippen LogP contribution in [0, 0.1) is 5.92 Å². The molecule has 5 heteroatoms. The van der Waals surface area contributed by atoms with Crippen LogP contribution in [0.5, 0.6) is 0 Å². The van der Waals surface area contributed by atoms with Gasteiger partial charge in [0, 0.05) is 7.11 Å². The fourth-order valence-electron chi connectivity index (χ4n) is 2.06. The van der Waals surface area contributed by atoms with Crippen molar-refractivity contribution in [1.82, 2.24) is 4.98 Å². The topological polar surface area (TPSA) is 68.4 Å². The first kappa shape index (κ1) is 14.4. The van der Waals surface area contributed by atoms with Gasteiger partial charge in [0.25, 0.3) is 0 Å². The Morgan fingerprint density at radius 1 is 1.42 bits per heavy atom. The van der Waals surface area contributed by atoms with E-state index in [0.29, 0.717) is 17.3 Å². The minimum absolute atomic E-state index is 0.384. The monoisotopic (exact) mass is 280 g/mol. The lowest BCUT2D eigenvalue weighted by Crippen LogP contribution is -2.49. The van der Waals surface area contributed by atoms with Crippen LogP contribution in [0.3, 0.4) is 0 Å². The van der Waals surface area contributed by atoms with Crippen molar-refractivity contribution in [3.8, 4) is 0 Å². The highest BCUT2D eigenvalue weighted by Crippen LogP contribution is 2.32. The van der Waals surface area contributed by atoms with Crippen molar-refractivity contribution in [3.63, 3.8) is 0 Å². The van der Waals surface area contributed by atoms with E-state index in [1.54, 1.807) is 7.11 Å². The highest BCUT2D eigenvalue weighted by molar-refractivity contribution is 7.18. The number of fused-ring (bicyclic) bond motifs is 1. The molecule has 3 N–H and O–H groups in total. The van der Waals surface area contributed by atoms with Gasteiger partial charge in [-0.05, 0) is 24.5 Å². The summed E-state index contributed by atoms with van der Waals surface area (Å²) in [5.74, 6) is 0.384. The van der Waals surface area contributed by atoms with E-state index < -0.39 is 11.8 Å². The predicted molar refractivity (Wildman–Crippen MR) is 78.0 cm³/mol. The van der Waals surface area contributed by atoms with Crippen molar-refractivity contribution in [1.29, 1.82) is 0 Å². The van der Waals surface area contributed by atoms with Gasteiger partial charge < -0.3 is 9.84 Å². The molecule has 2 rings (SSSR count). The molecular weight excluding hydrogens is 260 g/mol. The average molecular weight is 280 g/mol. The lowest BCUT2D eigenvalue weighted by atomic mass is 9.98. The zero-order chi connectivity index (χ0) is 14.0. The van der Waals surface area contributed by atoms with Crippen LogP contribution in [-0.4, -0.2) is 23.3 Å². The highest BCUT2D eigenvalue weighted by atomic mass is 32.1. The van der Waals surface area contributed by atoms with Gasteiger partial charge in [-0.25, -0.2) is 4.98 Å². The summed E-state index contributed by atoms with van der Waals surface area (Å²) in [5, 5.41) is 11.1. The smallest absolute Gasteiger partial charge is 0.193 e. The molecule has 0 aliphatic rings. The summed E-state index contributed by atoms with van der Waals surface area (Å²) >= 11 is 1.41. The predicted octanol–water partition coefficient (Wildman–Crippen LogP) is 2.46. The Kier molecular flexibility index (Phi) is 4.20. The average Bonchev–Trinajstić information content (AvgIpc) is 2.80. The standard InChI is InChI=1S/C14H20N2O2S/c1-9(2)8-12(18-3)14(15,17)13-16-10-6-4-5-7-11(10)19-13/h4-7,9,12,17H,8,15H2,1-3H3. The molecule has 1 heterocycles. The van der Waals surface area contributed by atoms with Crippen molar-refractivity contribution in [2.45, 2.75) is 32.1 Å². The summed E-state index contributed by atoms with van der Waals surface area (Å²) in [4.78, 5) is 4.42. The molecule has 0 fully saturated rings. The van der Waals surface area contributed by atoms with E-state index in [2.05, 4.69) is 18.8 Å². The third-order valence-electron chi connectivity index (χ3n) is 3.10. The number of hydrogen-bond donors (Lipinski definition) is 2. The Labute approximate surface area is 117 Å². The van der Waals surface area contributed by atoms with Crippen LogP contribution in [0.15, 0.2) is 24.3 Å². The normalized spacial score (nSPS) is 16.7. The van der Waals surface area contributed by atoms with Crippen LogP contribution in [0.2, 0.25) is 0 Å². The van der Waals surface area contributed by atoms with Gasteiger partial charge in [0.2, 0.25) is 0 Å². The molecule has 19 heavy (non-hydrogen) atoms. The lowest BCUT2D eigenvalue weighted by molar-refractivity contribution is -0.103. The number of ether oxygens (including phenoxy) is 1. The Hall–Kier alpha value is -1.01. The van der Waals surface area contributed by atoms with Gasteiger partial charge in [0.15, 0.2) is 5.72 Å². The Bertz CT molecular complexity index is 518. The second kappa shape index (κ2) is 5.54. The van der Waals surface area contributed by atoms with Crippen LogP contribution in [0.1, 0.15) is 25.3 Å². The maximum absolute atomic E-state index is 10.6. The van der Waals surface area contributed by atoms with E-state index in [1.165, 1.54) is 11.3 Å². The van der Waals surface area contributed by atoms with Gasteiger partial charge in [-0.3, -0.25) is 5.73 Å². The van der Waals surface area contributed by atoms with Crippen molar-refractivity contribution < 1.29 is 9.84 Å². The third-order valence-corrected chi connectivity index (χ3v) is 4.27. The van der Waals surface area contributed by atoms with Crippen molar-refractivity contribution in [2.75, 3.05) is 7.11 Å². The fourth-order valence-corrected chi connectivity index (χ4v) is 3.08. The van der Waals surface area contributed by atoms with E-state index in [1.807, 2.05) is 24.3 Å². The molecule has 0 amide bonds. The molecule has 0 spiro atoms. The number of nitrogens with zero attached hydrogens (tertiary/aromatic N) is 1. The van der Waals surface area contributed by atoms with Gasteiger partial charge in [-0.15, -0.1) is 11.3 Å². The molecule has 2 unspecified atom stereocenters. The van der Waals surface area contributed by atoms with Crippen molar-refractivity contribution in [3.05, 3.63) is 29.3 Å². The Balaban J connectivity index is 2.36. The van der Waals surface area contributed by atoms with Crippen LogP contribution < -0.4 is 5.73 Å². The van der Waals surface area contributed by atoms with Crippen molar-refractivity contribution in [2.24, 2.45) is 11.7 Å². The van der Waals surface area contributed by atoms with Crippen LogP contribution in [0.4, 0.5) is 0 Å². The van der Waals surface area contributed by atoms with Crippen LogP contribution in [0.25, 0.3) is 10.2 Å². The van der Waals surface area contributed by atoms with Gasteiger partial charge in [0.05, 0.1) is 10.2 Å². The molecule has 0 saturated heterocycles. The second-order valence-corrected chi connectivity index (χ2v) is 6.20. The molecule has 4 nitrogen and oxygen atoms in total. The zero-order valence-corrected chi connectivity index (χ0v) is 12.3. The summed E-state index contributed by atoms with van der Waals surface area (Å²) in [5.41, 5.74) is 5.38. The molecule has 1 aromatic carbocycles. The molecule has 0 aliphatic heterocycles. The molecule has 1 aromatic heterocycles. The number of thiazole rings is 1. The molecule has 2 atom stereocenters. The largest absolute Gasteiger partial charge is 0.377 e. The van der Waals surface area contributed by atoms with Gasteiger partial charge in [-0.1, -0.05) is 26.0 Å². The van der Waals surface area contributed by atoms with E-state index >= 15 is 0 Å². The number of benzene rings is 1. The molecule has 104 valence electrons. The molecule has 2 aromatic rings. The number of aromatic nitrogens is 1. The number of rotatable bonds is 5. The number of para-hydroxylation sites is 1. The molecule has 0 saturated carbocycles. The van der Waals surface area contributed by atoms with E-state index in [0.717, 1.165) is 10.2 Å². The fraction of sp³-hybridized carbons (Fsp3) is 0.500. The van der Waals surface area contributed by atoms with Crippen molar-refractivity contribution >= 4 is 21.6 Å². The van der Waals surface area contributed by atoms with Gasteiger partial charge in [-0.2, -0.15) is 0 Å². The second-order valence-electron chi connectivity index (χ2n) is 5.17. The molecule has 0 aliphatic carbocycles. The maximum Gasteiger partial charge on any atom is 0.193 e. The SMILES string of the molecule is COC(CC(C)C)C(N)(O)c1nc2ccccc2s1. The van der Waals surface area contributed by atoms with Gasteiger partial charge >= 0.3 is 0 Å². The minimum atomic E-state index is -1.55. The minimum Gasteiger partial charge on any atom is -0.377 e.